The number of rotatable bonds is 3. The van der Waals surface area contributed by atoms with E-state index in [9.17, 15) is 8.42 Å². The molecule has 0 saturated heterocycles. The second-order valence-electron chi connectivity index (χ2n) is 2.76. The molecule has 0 amide bonds. The molecule has 0 saturated carbocycles. The average molecular weight is 242 g/mol. The maximum absolute atomic E-state index is 10.7. The van der Waals surface area contributed by atoms with E-state index in [4.69, 9.17) is 15.7 Å². The molecule has 0 fully saturated rings. The lowest BCUT2D eigenvalue weighted by Gasteiger charge is -2.11. The molecule has 86 valence electrons. The van der Waals surface area contributed by atoms with E-state index in [0.717, 1.165) is 6.21 Å². The van der Waals surface area contributed by atoms with Crippen LogP contribution in [0.4, 0.5) is 0 Å². The molecule has 0 aromatic heterocycles. The van der Waals surface area contributed by atoms with Gasteiger partial charge < -0.3 is 5.73 Å². The predicted molar refractivity (Wildman–Crippen MR) is 59.3 cm³/mol. The fraction of sp³-hybridized carbons (Fsp3) is 0. The van der Waals surface area contributed by atoms with Crippen molar-refractivity contribution in [2.24, 2.45) is 10.8 Å². The second-order valence-corrected chi connectivity index (χ2v) is 4.00. The van der Waals surface area contributed by atoms with Crippen molar-refractivity contribution in [3.63, 3.8) is 0 Å². The quantitative estimate of drug-likeness (QED) is 0.299. The van der Waals surface area contributed by atoms with Crippen LogP contribution in [0.25, 0.3) is 0 Å². The Hall–Kier alpha value is -1.93. The van der Waals surface area contributed by atoms with Crippen molar-refractivity contribution < 1.29 is 13.0 Å². The molecular weight excluding hydrogens is 232 g/mol. The second kappa shape index (κ2) is 4.73. The highest BCUT2D eigenvalue weighted by Gasteiger charge is 2.18. The van der Waals surface area contributed by atoms with Gasteiger partial charge in [0.15, 0.2) is 0 Å². The number of hydrogen-bond acceptors (Lipinski definition) is 4. The minimum atomic E-state index is -4.65. The van der Waals surface area contributed by atoms with E-state index in [0.29, 0.717) is 5.56 Å². The maximum Gasteiger partial charge on any atom is 0.382 e. The third kappa shape index (κ3) is 3.33. The number of nitrogens with two attached hydrogens (primary N) is 1. The first kappa shape index (κ1) is 12.1. The summed E-state index contributed by atoms with van der Waals surface area (Å²) in [5, 5.41) is 10.3. The Balaban J connectivity index is 2.94. The van der Waals surface area contributed by atoms with Crippen LogP contribution in [0, 0.1) is 5.41 Å². The van der Waals surface area contributed by atoms with Crippen molar-refractivity contribution in [1.29, 1.82) is 5.41 Å². The zero-order valence-electron chi connectivity index (χ0n) is 8.11. The molecule has 0 aliphatic rings. The van der Waals surface area contributed by atoms with Crippen molar-refractivity contribution >= 4 is 22.5 Å². The van der Waals surface area contributed by atoms with Gasteiger partial charge in [0.25, 0.3) is 0 Å². The predicted octanol–water partition coefficient (Wildman–Crippen LogP) is 0.0188. The number of hydrogen-bond donors (Lipinski definition) is 3. The molecule has 7 nitrogen and oxygen atoms in total. The molecule has 1 aromatic carbocycles. The molecule has 16 heavy (non-hydrogen) atoms. The molecule has 4 N–H and O–H groups in total. The van der Waals surface area contributed by atoms with Crippen molar-refractivity contribution in [3.8, 4) is 0 Å². The van der Waals surface area contributed by atoms with Crippen LogP contribution in [-0.2, 0) is 10.3 Å². The summed E-state index contributed by atoms with van der Waals surface area (Å²) in [7, 11) is -4.65. The third-order valence-electron chi connectivity index (χ3n) is 1.54. The Morgan fingerprint density at radius 3 is 2.44 bits per heavy atom. The lowest BCUT2D eigenvalue weighted by atomic mass is 10.2. The molecule has 0 aliphatic heterocycles. The minimum Gasteiger partial charge on any atom is -0.368 e. The smallest absolute Gasteiger partial charge is 0.368 e. The Labute approximate surface area is 92.6 Å². The van der Waals surface area contributed by atoms with Crippen LogP contribution in [0.5, 0.6) is 0 Å². The number of nitrogens with zero attached hydrogens (tertiary/aromatic N) is 2. The highest BCUT2D eigenvalue weighted by atomic mass is 32.2. The van der Waals surface area contributed by atoms with Crippen LogP contribution < -0.4 is 5.73 Å². The molecule has 0 unspecified atom stereocenters. The minimum absolute atomic E-state index is 0.0139. The first-order valence-electron chi connectivity index (χ1n) is 4.12. The van der Waals surface area contributed by atoms with Gasteiger partial charge in [-0.2, -0.15) is 13.5 Å². The monoisotopic (exact) mass is 242 g/mol. The van der Waals surface area contributed by atoms with E-state index in [2.05, 4.69) is 5.10 Å². The largest absolute Gasteiger partial charge is 0.382 e. The van der Waals surface area contributed by atoms with Gasteiger partial charge in [0, 0.05) is 0 Å². The fourth-order valence-corrected chi connectivity index (χ4v) is 1.32. The van der Waals surface area contributed by atoms with Gasteiger partial charge in [-0.1, -0.05) is 30.3 Å². The summed E-state index contributed by atoms with van der Waals surface area (Å²) >= 11 is 0. The van der Waals surface area contributed by atoms with E-state index in [1.165, 1.54) is 0 Å². The van der Waals surface area contributed by atoms with Crippen molar-refractivity contribution in [3.05, 3.63) is 35.9 Å². The van der Waals surface area contributed by atoms with Gasteiger partial charge in [-0.05, 0) is 5.56 Å². The topological polar surface area (TPSA) is 120 Å². The molecule has 0 radical (unpaired) electrons. The van der Waals surface area contributed by atoms with E-state index in [1.54, 1.807) is 30.3 Å². The maximum atomic E-state index is 10.7. The van der Waals surface area contributed by atoms with Gasteiger partial charge in [0.1, 0.15) is 0 Å². The van der Waals surface area contributed by atoms with E-state index < -0.39 is 16.3 Å². The summed E-state index contributed by atoms with van der Waals surface area (Å²) in [6.45, 7) is 0. The van der Waals surface area contributed by atoms with Gasteiger partial charge in [0.05, 0.1) is 6.21 Å². The summed E-state index contributed by atoms with van der Waals surface area (Å²) in [5.74, 6) is -0.894. The van der Waals surface area contributed by atoms with Crippen LogP contribution in [0.1, 0.15) is 5.56 Å². The summed E-state index contributed by atoms with van der Waals surface area (Å²) in [6.07, 6.45) is 1.16. The lowest BCUT2D eigenvalue weighted by molar-refractivity contribution is 0.425. The van der Waals surface area contributed by atoms with Crippen LogP contribution in [0.3, 0.4) is 0 Å². The van der Waals surface area contributed by atoms with Gasteiger partial charge in [-0.3, -0.25) is 9.96 Å². The van der Waals surface area contributed by atoms with Gasteiger partial charge >= 0.3 is 10.3 Å². The average Bonchev–Trinajstić information content (AvgIpc) is 2.17. The Morgan fingerprint density at radius 1 is 1.44 bits per heavy atom. The number of nitrogens with one attached hydrogen (secondary N) is 1. The molecule has 0 bridgehead atoms. The Bertz CT molecular complexity index is 497. The molecule has 0 heterocycles. The van der Waals surface area contributed by atoms with Crippen LogP contribution in [0.15, 0.2) is 35.4 Å². The molecule has 0 aliphatic carbocycles. The highest BCUT2D eigenvalue weighted by molar-refractivity contribution is 7.83. The standard InChI is InChI=1S/C8H10N4O3S/c9-8(10)12(16(13,14)15)11-6-7-4-2-1-3-5-7/h1-6H,(H3,9,10)(H,13,14,15)/b11-6+. The van der Waals surface area contributed by atoms with Crippen LogP contribution >= 0.6 is 0 Å². The van der Waals surface area contributed by atoms with Gasteiger partial charge in [-0.25, -0.2) is 0 Å². The SMILES string of the molecule is N=C(N)N(/N=C/c1ccccc1)S(=O)(=O)O. The van der Waals surface area contributed by atoms with Crippen LogP contribution in [0.2, 0.25) is 0 Å². The van der Waals surface area contributed by atoms with Crippen molar-refractivity contribution in [1.82, 2.24) is 4.41 Å². The first-order valence-corrected chi connectivity index (χ1v) is 5.52. The fourth-order valence-electron chi connectivity index (χ4n) is 0.904. The number of benzene rings is 1. The lowest BCUT2D eigenvalue weighted by Crippen LogP contribution is -2.36. The molecule has 1 aromatic rings. The van der Waals surface area contributed by atoms with E-state index in [-0.39, 0.29) is 4.41 Å². The number of hydrazone groups is 1. The molecular formula is C8H10N4O3S. The van der Waals surface area contributed by atoms with Crippen molar-refractivity contribution in [2.45, 2.75) is 0 Å². The summed E-state index contributed by atoms with van der Waals surface area (Å²) < 4.78 is 30.2. The molecule has 1 rings (SSSR count). The van der Waals surface area contributed by atoms with E-state index in [1.807, 2.05) is 0 Å². The highest BCUT2D eigenvalue weighted by Crippen LogP contribution is 1.99. The third-order valence-corrected chi connectivity index (χ3v) is 2.26. The number of guanidine groups is 1. The zero-order valence-corrected chi connectivity index (χ0v) is 8.92. The molecule has 8 heteroatoms. The van der Waals surface area contributed by atoms with E-state index >= 15 is 0 Å². The summed E-state index contributed by atoms with van der Waals surface area (Å²) in [6, 6.07) is 8.58. The van der Waals surface area contributed by atoms with Gasteiger partial charge in [0.2, 0.25) is 5.96 Å². The van der Waals surface area contributed by atoms with Gasteiger partial charge in [-0.15, -0.1) is 4.41 Å². The Kier molecular flexibility index (Phi) is 3.59. The van der Waals surface area contributed by atoms with Crippen molar-refractivity contribution in [2.75, 3.05) is 0 Å². The zero-order chi connectivity index (χ0) is 12.2. The first-order chi connectivity index (χ1) is 7.41. The molecule has 0 spiro atoms. The van der Waals surface area contributed by atoms with Crippen LogP contribution in [-0.4, -0.2) is 29.6 Å². The molecule has 0 atom stereocenters. The normalized spacial score (nSPS) is 11.6. The Morgan fingerprint density at radius 2 is 2.00 bits per heavy atom. The summed E-state index contributed by atoms with van der Waals surface area (Å²) in [4.78, 5) is 0. The summed E-state index contributed by atoms with van der Waals surface area (Å²) in [5.41, 5.74) is 5.55.